The van der Waals surface area contributed by atoms with Crippen molar-refractivity contribution in [1.29, 1.82) is 0 Å². The van der Waals surface area contributed by atoms with E-state index >= 15 is 0 Å². The fourth-order valence-electron chi connectivity index (χ4n) is 0.198. The molecule has 1 aromatic heterocycles. The van der Waals surface area contributed by atoms with Crippen LogP contribution in [0.4, 0.5) is 0 Å². The molecule has 0 unspecified atom stereocenters. The number of rotatable bonds is 0. The van der Waals surface area contributed by atoms with Crippen LogP contribution in [-0.4, -0.2) is 10.1 Å². The molecule has 0 saturated carbocycles. The van der Waals surface area contributed by atoms with Gasteiger partial charge in [-0.15, -0.1) is 0 Å². The standard InChI is InChI=1S/C3H3N2O.Re/c1-3-4-2-5-6-3;/h1H3;/q-1;. The Kier molecular flexibility index (Phi) is 2.81. The van der Waals surface area contributed by atoms with Gasteiger partial charge in [-0.3, -0.25) is 0 Å². The van der Waals surface area contributed by atoms with E-state index in [9.17, 15) is 0 Å². The summed E-state index contributed by atoms with van der Waals surface area (Å²) in [5.74, 6) is 0.551. The predicted molar refractivity (Wildman–Crippen MR) is 17.9 cm³/mol. The number of aromatic nitrogens is 2. The summed E-state index contributed by atoms with van der Waals surface area (Å²) in [6.07, 6.45) is 2.26. The molecule has 0 fully saturated rings. The second-order valence-electron chi connectivity index (χ2n) is 0.913. The third-order valence-electron chi connectivity index (χ3n) is 0.426. The zero-order valence-electron chi connectivity index (χ0n) is 3.68. The van der Waals surface area contributed by atoms with Gasteiger partial charge in [0.2, 0.25) is 0 Å². The Morgan fingerprint density at radius 1 is 1.71 bits per heavy atom. The summed E-state index contributed by atoms with van der Waals surface area (Å²) >= 11 is 0. The molecular formula is C3H3N2ORe-. The minimum atomic E-state index is 0. The Morgan fingerprint density at radius 3 is 2.57 bits per heavy atom. The molecule has 0 bridgehead atoms. The Hall–Kier alpha value is -0.198. The first kappa shape index (κ1) is 6.80. The molecule has 1 heterocycles. The minimum absolute atomic E-state index is 0. The summed E-state index contributed by atoms with van der Waals surface area (Å²) in [6.45, 7) is 1.71. The van der Waals surface area contributed by atoms with E-state index in [0.717, 1.165) is 0 Å². The summed E-state index contributed by atoms with van der Waals surface area (Å²) in [5, 5.41) is 3.21. The van der Waals surface area contributed by atoms with E-state index in [4.69, 9.17) is 0 Å². The van der Waals surface area contributed by atoms with E-state index in [1.54, 1.807) is 6.92 Å². The third kappa shape index (κ3) is 1.81. The minimum Gasteiger partial charge on any atom is -0.450 e. The zero-order valence-corrected chi connectivity index (χ0v) is 6.40. The van der Waals surface area contributed by atoms with Gasteiger partial charge in [0.25, 0.3) is 0 Å². The Morgan fingerprint density at radius 2 is 2.43 bits per heavy atom. The first-order valence-electron chi connectivity index (χ1n) is 1.56. The molecule has 39 valence electrons. The van der Waals surface area contributed by atoms with Gasteiger partial charge in [0.1, 0.15) is 0 Å². The van der Waals surface area contributed by atoms with Crippen molar-refractivity contribution < 1.29 is 24.9 Å². The van der Waals surface area contributed by atoms with Crippen molar-refractivity contribution in [2.45, 2.75) is 6.92 Å². The number of hydrogen-bond acceptors (Lipinski definition) is 3. The molecule has 4 heteroatoms. The summed E-state index contributed by atoms with van der Waals surface area (Å²) in [5.41, 5.74) is 0. The maximum atomic E-state index is 4.42. The maximum absolute atomic E-state index is 4.42. The fourth-order valence-corrected chi connectivity index (χ4v) is 0.198. The van der Waals surface area contributed by atoms with E-state index in [2.05, 4.69) is 21.0 Å². The summed E-state index contributed by atoms with van der Waals surface area (Å²) in [7, 11) is 0. The largest absolute Gasteiger partial charge is 0.450 e. The van der Waals surface area contributed by atoms with Crippen molar-refractivity contribution in [2.24, 2.45) is 0 Å². The van der Waals surface area contributed by atoms with Gasteiger partial charge >= 0.3 is 0 Å². The van der Waals surface area contributed by atoms with Crippen molar-refractivity contribution >= 4 is 0 Å². The van der Waals surface area contributed by atoms with Crippen LogP contribution < -0.4 is 0 Å². The maximum Gasteiger partial charge on any atom is 0.0645 e. The van der Waals surface area contributed by atoms with Gasteiger partial charge in [0.05, 0.1) is 5.89 Å². The molecule has 1 aromatic rings. The van der Waals surface area contributed by atoms with Gasteiger partial charge in [-0.1, -0.05) is 6.92 Å². The molecule has 0 spiro atoms. The van der Waals surface area contributed by atoms with Crippen molar-refractivity contribution in [3.63, 3.8) is 0 Å². The van der Waals surface area contributed by atoms with Crippen LogP contribution >= 0.6 is 0 Å². The molecular weight excluding hydrogens is 266 g/mol. The van der Waals surface area contributed by atoms with Crippen LogP contribution in [0.15, 0.2) is 4.52 Å². The summed E-state index contributed by atoms with van der Waals surface area (Å²) < 4.78 is 4.42. The van der Waals surface area contributed by atoms with Crippen LogP contribution in [-0.2, 0) is 20.4 Å². The summed E-state index contributed by atoms with van der Waals surface area (Å²) in [6, 6.07) is 0. The molecule has 0 aromatic carbocycles. The third-order valence-corrected chi connectivity index (χ3v) is 0.426. The van der Waals surface area contributed by atoms with Crippen molar-refractivity contribution in [3.8, 4) is 0 Å². The molecule has 1 radical (unpaired) electrons. The SMILES string of the molecule is Cc1n[c-]no1.[Re]. The number of hydrogen-bond donors (Lipinski definition) is 0. The van der Waals surface area contributed by atoms with Gasteiger partial charge in [-0.2, -0.15) is 5.16 Å². The number of aryl methyl sites for hydroxylation is 1. The van der Waals surface area contributed by atoms with E-state index < -0.39 is 0 Å². The zero-order chi connectivity index (χ0) is 4.41. The van der Waals surface area contributed by atoms with Crippen LogP contribution in [0.5, 0.6) is 0 Å². The molecule has 0 saturated heterocycles. The fraction of sp³-hybridized carbons (Fsp3) is 0.333. The van der Waals surface area contributed by atoms with Gasteiger partial charge < -0.3 is 9.51 Å². The average Bonchev–Trinajstić information content (AvgIpc) is 1.86. The first-order valence-corrected chi connectivity index (χ1v) is 1.56. The van der Waals surface area contributed by atoms with E-state index in [0.29, 0.717) is 5.89 Å². The Labute approximate surface area is 54.8 Å². The van der Waals surface area contributed by atoms with Crippen molar-refractivity contribution in [2.75, 3.05) is 0 Å². The van der Waals surface area contributed by atoms with E-state index in [1.165, 1.54) is 0 Å². The molecule has 1 rings (SSSR count). The summed E-state index contributed by atoms with van der Waals surface area (Å²) in [4.78, 5) is 3.51. The van der Waals surface area contributed by atoms with Crippen LogP contribution in [0.3, 0.4) is 0 Å². The molecule has 0 amide bonds. The molecule has 0 N–H and O–H groups in total. The van der Waals surface area contributed by atoms with Crippen molar-refractivity contribution in [1.82, 2.24) is 10.1 Å². The van der Waals surface area contributed by atoms with Crippen LogP contribution in [0.25, 0.3) is 0 Å². The Balaban J connectivity index is 0.000000360. The molecule has 0 atom stereocenters. The second kappa shape index (κ2) is 2.89. The molecule has 0 aliphatic heterocycles. The Bertz CT molecular complexity index is 116. The van der Waals surface area contributed by atoms with Crippen LogP contribution in [0.2, 0.25) is 0 Å². The predicted octanol–water partition coefficient (Wildman–Crippen LogP) is 0.176. The topological polar surface area (TPSA) is 38.9 Å². The van der Waals surface area contributed by atoms with Crippen molar-refractivity contribution in [3.05, 3.63) is 12.2 Å². The van der Waals surface area contributed by atoms with Gasteiger partial charge in [-0.25, -0.2) is 0 Å². The molecule has 7 heavy (non-hydrogen) atoms. The van der Waals surface area contributed by atoms with E-state index in [1.807, 2.05) is 0 Å². The quantitative estimate of drug-likeness (QED) is 0.631. The molecule has 0 aliphatic carbocycles. The van der Waals surface area contributed by atoms with Gasteiger partial charge in [-0.05, 0) is 6.33 Å². The first-order chi connectivity index (χ1) is 2.89. The monoisotopic (exact) mass is 270 g/mol. The van der Waals surface area contributed by atoms with E-state index in [-0.39, 0.29) is 20.4 Å². The number of nitrogens with zero attached hydrogens (tertiary/aromatic N) is 2. The molecule has 3 nitrogen and oxygen atoms in total. The molecule has 0 aliphatic rings. The van der Waals surface area contributed by atoms with Crippen LogP contribution in [0.1, 0.15) is 5.89 Å². The smallest absolute Gasteiger partial charge is 0.0645 e. The van der Waals surface area contributed by atoms with Gasteiger partial charge in [0, 0.05) is 20.4 Å². The second-order valence-corrected chi connectivity index (χ2v) is 0.913. The van der Waals surface area contributed by atoms with Crippen LogP contribution in [0, 0.1) is 13.3 Å². The normalized spacial score (nSPS) is 7.57. The van der Waals surface area contributed by atoms with Gasteiger partial charge in [0.15, 0.2) is 0 Å². The average molecular weight is 269 g/mol.